The number of nitrogens with zero attached hydrogens (tertiary/aromatic N) is 1. The Morgan fingerprint density at radius 1 is 1.50 bits per heavy atom. The maximum Gasteiger partial charge on any atom is 0.305 e. The largest absolute Gasteiger partial charge is 0.481 e. The third kappa shape index (κ3) is 3.22. The number of carbonyl (C=O) groups excluding carboxylic acids is 1. The highest BCUT2D eigenvalue weighted by Gasteiger charge is 2.27. The second-order valence-corrected chi connectivity index (χ2v) is 5.70. The van der Waals surface area contributed by atoms with Crippen molar-refractivity contribution in [3.8, 4) is 0 Å². The summed E-state index contributed by atoms with van der Waals surface area (Å²) in [6, 6.07) is 3.61. The number of aliphatic carboxylic acids is 1. The number of hydrogen-bond acceptors (Lipinski definition) is 4. The van der Waals surface area contributed by atoms with Crippen LogP contribution in [0.3, 0.4) is 0 Å². The molecular formula is C13H15FN2O3S. The summed E-state index contributed by atoms with van der Waals surface area (Å²) >= 11 is 1.67. The molecule has 1 fully saturated rings. The van der Waals surface area contributed by atoms with Gasteiger partial charge in [0.25, 0.3) is 5.91 Å². The molecule has 1 unspecified atom stereocenters. The fraction of sp³-hybridized carbons (Fsp3) is 0.385. The molecule has 1 aliphatic rings. The molecule has 0 radical (unpaired) electrons. The van der Waals surface area contributed by atoms with Crippen LogP contribution in [0.25, 0.3) is 0 Å². The Morgan fingerprint density at radius 3 is 2.90 bits per heavy atom. The van der Waals surface area contributed by atoms with Crippen molar-refractivity contribution in [3.63, 3.8) is 0 Å². The maximum absolute atomic E-state index is 13.3. The van der Waals surface area contributed by atoms with Crippen LogP contribution < -0.4 is 10.6 Å². The topological polar surface area (TPSA) is 83.6 Å². The van der Waals surface area contributed by atoms with Crippen molar-refractivity contribution in [2.24, 2.45) is 5.73 Å². The summed E-state index contributed by atoms with van der Waals surface area (Å²) in [7, 11) is 0. The van der Waals surface area contributed by atoms with Gasteiger partial charge in [-0.2, -0.15) is 11.8 Å². The van der Waals surface area contributed by atoms with Gasteiger partial charge in [-0.25, -0.2) is 4.39 Å². The number of amides is 1. The Morgan fingerprint density at radius 2 is 2.25 bits per heavy atom. The lowest BCUT2D eigenvalue weighted by Gasteiger charge is -2.37. The number of hydrogen-bond donors (Lipinski definition) is 2. The van der Waals surface area contributed by atoms with Crippen molar-refractivity contribution in [1.29, 1.82) is 0 Å². The Hall–Kier alpha value is -1.76. The zero-order valence-corrected chi connectivity index (χ0v) is 11.5. The molecule has 7 heteroatoms. The molecule has 1 amide bonds. The summed E-state index contributed by atoms with van der Waals surface area (Å²) in [6.07, 6.45) is -0.0252. The highest BCUT2D eigenvalue weighted by Crippen LogP contribution is 2.29. The number of benzene rings is 1. The van der Waals surface area contributed by atoms with Crippen LogP contribution in [-0.2, 0) is 4.79 Å². The molecule has 0 aliphatic carbocycles. The van der Waals surface area contributed by atoms with Crippen molar-refractivity contribution in [1.82, 2.24) is 0 Å². The normalized spacial score (nSPS) is 18.9. The monoisotopic (exact) mass is 298 g/mol. The van der Waals surface area contributed by atoms with E-state index in [4.69, 9.17) is 10.8 Å². The average Bonchev–Trinajstić information content (AvgIpc) is 2.39. The molecule has 1 aromatic rings. The lowest BCUT2D eigenvalue weighted by atomic mass is 10.1. The Bertz CT molecular complexity index is 538. The zero-order chi connectivity index (χ0) is 14.7. The van der Waals surface area contributed by atoms with E-state index in [1.54, 1.807) is 11.8 Å². The van der Waals surface area contributed by atoms with Gasteiger partial charge >= 0.3 is 5.97 Å². The zero-order valence-electron chi connectivity index (χ0n) is 10.7. The molecule has 3 N–H and O–H groups in total. The Balaban J connectivity index is 2.36. The summed E-state index contributed by atoms with van der Waals surface area (Å²) in [5.74, 6) is -0.672. The lowest BCUT2D eigenvalue weighted by molar-refractivity contribution is -0.137. The molecule has 1 aromatic carbocycles. The van der Waals surface area contributed by atoms with Crippen molar-refractivity contribution in [3.05, 3.63) is 29.6 Å². The smallest absolute Gasteiger partial charge is 0.305 e. The van der Waals surface area contributed by atoms with Crippen LogP contribution in [0.5, 0.6) is 0 Å². The number of rotatable bonds is 4. The number of thioether (sulfide) groups is 1. The van der Waals surface area contributed by atoms with Gasteiger partial charge in [0.05, 0.1) is 17.7 Å². The van der Waals surface area contributed by atoms with Gasteiger partial charge in [-0.15, -0.1) is 0 Å². The minimum Gasteiger partial charge on any atom is -0.481 e. The predicted octanol–water partition coefficient (Wildman–Crippen LogP) is 1.32. The van der Waals surface area contributed by atoms with Crippen LogP contribution in [0.1, 0.15) is 16.8 Å². The number of nitrogens with two attached hydrogens (primary N) is 1. The van der Waals surface area contributed by atoms with E-state index in [0.29, 0.717) is 18.0 Å². The van der Waals surface area contributed by atoms with Crippen LogP contribution in [0.2, 0.25) is 0 Å². The van der Waals surface area contributed by atoms with E-state index in [1.807, 2.05) is 4.90 Å². The van der Waals surface area contributed by atoms with Crippen LogP contribution in [0.15, 0.2) is 18.2 Å². The maximum atomic E-state index is 13.3. The molecule has 20 heavy (non-hydrogen) atoms. The molecule has 0 saturated carbocycles. The highest BCUT2D eigenvalue weighted by atomic mass is 32.2. The number of carboxylic acid groups (broad SMARTS) is 1. The van der Waals surface area contributed by atoms with Crippen LogP contribution in [-0.4, -0.2) is 41.1 Å². The molecule has 1 aliphatic heterocycles. The van der Waals surface area contributed by atoms with Crippen molar-refractivity contribution in [2.45, 2.75) is 12.5 Å². The van der Waals surface area contributed by atoms with Crippen molar-refractivity contribution in [2.75, 3.05) is 23.0 Å². The first kappa shape index (κ1) is 14.6. The Kier molecular flexibility index (Phi) is 4.49. The molecule has 2 rings (SSSR count). The molecule has 0 bridgehead atoms. The fourth-order valence-electron chi connectivity index (χ4n) is 2.30. The van der Waals surface area contributed by atoms with E-state index in [-0.39, 0.29) is 18.0 Å². The number of anilines is 1. The summed E-state index contributed by atoms with van der Waals surface area (Å²) in [5.41, 5.74) is 5.88. The molecule has 1 saturated heterocycles. The van der Waals surface area contributed by atoms with Gasteiger partial charge in [-0.1, -0.05) is 0 Å². The van der Waals surface area contributed by atoms with E-state index in [1.165, 1.54) is 12.1 Å². The lowest BCUT2D eigenvalue weighted by Crippen LogP contribution is -2.44. The minimum atomic E-state index is -0.898. The van der Waals surface area contributed by atoms with Crippen molar-refractivity contribution < 1.29 is 19.1 Å². The average molecular weight is 298 g/mol. The van der Waals surface area contributed by atoms with E-state index in [2.05, 4.69) is 0 Å². The summed E-state index contributed by atoms with van der Waals surface area (Å²) in [5, 5.41) is 8.97. The van der Waals surface area contributed by atoms with E-state index < -0.39 is 17.7 Å². The number of carboxylic acids is 1. The molecule has 108 valence electrons. The van der Waals surface area contributed by atoms with Gasteiger partial charge in [0.15, 0.2) is 0 Å². The molecule has 1 heterocycles. The minimum absolute atomic E-state index is 0.0252. The number of carbonyl (C=O) groups is 2. The van der Waals surface area contributed by atoms with Gasteiger partial charge in [0.2, 0.25) is 0 Å². The highest BCUT2D eigenvalue weighted by molar-refractivity contribution is 7.99. The third-order valence-corrected chi connectivity index (χ3v) is 4.26. The fourth-order valence-corrected chi connectivity index (χ4v) is 3.36. The van der Waals surface area contributed by atoms with Crippen LogP contribution >= 0.6 is 11.8 Å². The van der Waals surface area contributed by atoms with Crippen LogP contribution in [0, 0.1) is 5.82 Å². The van der Waals surface area contributed by atoms with Gasteiger partial charge < -0.3 is 15.7 Å². The third-order valence-electron chi connectivity index (χ3n) is 3.17. The first-order chi connectivity index (χ1) is 9.49. The van der Waals surface area contributed by atoms with E-state index >= 15 is 0 Å². The number of primary amides is 1. The quantitative estimate of drug-likeness (QED) is 0.876. The standard InChI is InChI=1S/C13H15FN2O3S/c14-8-1-2-11(10(5-8)13(15)19)16-3-4-20-7-9(16)6-12(17)18/h1-2,5,9H,3-4,6-7H2,(H2,15,19)(H,17,18). The molecule has 0 spiro atoms. The first-order valence-corrected chi connectivity index (χ1v) is 7.30. The number of halogens is 1. The molecule has 1 atom stereocenters. The second kappa shape index (κ2) is 6.13. The predicted molar refractivity (Wildman–Crippen MR) is 75.6 cm³/mol. The Labute approximate surface area is 119 Å². The van der Waals surface area contributed by atoms with Gasteiger partial charge in [0.1, 0.15) is 5.82 Å². The van der Waals surface area contributed by atoms with Gasteiger partial charge in [-0.3, -0.25) is 9.59 Å². The van der Waals surface area contributed by atoms with Gasteiger partial charge in [-0.05, 0) is 18.2 Å². The molecule has 5 nitrogen and oxygen atoms in total. The molecular weight excluding hydrogens is 283 g/mol. The van der Waals surface area contributed by atoms with Gasteiger partial charge in [0, 0.05) is 24.1 Å². The summed E-state index contributed by atoms with van der Waals surface area (Å²) < 4.78 is 13.3. The van der Waals surface area contributed by atoms with E-state index in [9.17, 15) is 14.0 Å². The second-order valence-electron chi connectivity index (χ2n) is 4.55. The molecule has 0 aromatic heterocycles. The SMILES string of the molecule is NC(=O)c1cc(F)ccc1N1CCSCC1CC(=O)O. The van der Waals surface area contributed by atoms with Crippen molar-refractivity contribution >= 4 is 29.3 Å². The summed E-state index contributed by atoms with van der Waals surface area (Å²) in [6.45, 7) is 0.606. The van der Waals surface area contributed by atoms with Crippen LogP contribution in [0.4, 0.5) is 10.1 Å². The van der Waals surface area contributed by atoms with E-state index in [0.717, 1.165) is 11.8 Å². The summed E-state index contributed by atoms with van der Waals surface area (Å²) in [4.78, 5) is 24.2. The first-order valence-electron chi connectivity index (χ1n) is 6.14.